The Morgan fingerprint density at radius 1 is 0.981 bits per heavy atom. The number of carbonyl (C=O) groups is 3. The van der Waals surface area contributed by atoms with Crippen molar-refractivity contribution in [3.05, 3.63) is 99.3 Å². The number of fused-ring (bicyclic) bond motifs is 1. The molecule has 2 saturated heterocycles. The summed E-state index contributed by atoms with van der Waals surface area (Å²) in [5, 5.41) is 19.3. The largest absolute Gasteiger partial charge is 0.480 e. The molecule has 3 amide bonds. The lowest BCUT2D eigenvalue weighted by Gasteiger charge is -2.23. The van der Waals surface area contributed by atoms with Gasteiger partial charge in [0.2, 0.25) is 17.7 Å². The lowest BCUT2D eigenvalue weighted by atomic mass is 9.92. The molecule has 2 atom stereocenters. The van der Waals surface area contributed by atoms with Crippen molar-refractivity contribution < 1.29 is 24.2 Å². The van der Waals surface area contributed by atoms with Crippen molar-refractivity contribution in [1.82, 2.24) is 40.2 Å². The number of nitrogens with zero attached hydrogens (tertiary/aromatic N) is 5. The van der Waals surface area contributed by atoms with Crippen LogP contribution in [0.2, 0.25) is 5.02 Å². The Bertz CT molecular complexity index is 2330. The number of methoxy groups -OCH3 is 1. The first-order valence-corrected chi connectivity index (χ1v) is 18.0. The van der Waals surface area contributed by atoms with Gasteiger partial charge in [-0.25, -0.2) is 14.8 Å². The molecule has 0 radical (unpaired) electrons. The summed E-state index contributed by atoms with van der Waals surface area (Å²) in [6.07, 6.45) is 5.97. The molecule has 0 bridgehead atoms. The van der Waals surface area contributed by atoms with Crippen LogP contribution in [0, 0.1) is 6.92 Å². The van der Waals surface area contributed by atoms with Gasteiger partial charge in [-0.15, -0.1) is 0 Å². The first kappa shape index (κ1) is 36.5. The van der Waals surface area contributed by atoms with Gasteiger partial charge in [-0.05, 0) is 54.2 Å². The summed E-state index contributed by atoms with van der Waals surface area (Å²) in [6.45, 7) is 3.00. The summed E-state index contributed by atoms with van der Waals surface area (Å²) in [4.78, 5) is 63.5. The van der Waals surface area contributed by atoms with Crippen LogP contribution in [0.4, 0.5) is 4.79 Å². The van der Waals surface area contributed by atoms with Crippen molar-refractivity contribution in [2.24, 2.45) is 0 Å². The fourth-order valence-corrected chi connectivity index (χ4v) is 7.39. The fraction of sp³-hybridized carbons (Fsp3) is 0.308. The number of nitrogens with one attached hydrogen (secondary N) is 3. The Labute approximate surface area is 315 Å². The lowest BCUT2D eigenvalue weighted by molar-refractivity contribution is -0.120. The SMILES string of the molecule is COc1nc(-c2cccc(-c3cccc(-c4ccn5c(=O)c(CNC[C@@H]6CCC(=O)N6)cnc5c4)c3C)c2Cl)cnc1CN(C[C@@H]1CCC(=O)N1)C(=O)O. The van der Waals surface area contributed by atoms with Crippen LogP contribution >= 0.6 is 11.6 Å². The van der Waals surface area contributed by atoms with Crippen molar-refractivity contribution in [3.8, 4) is 39.4 Å². The number of carboxylic acid groups (broad SMARTS) is 1. The summed E-state index contributed by atoms with van der Waals surface area (Å²) in [7, 11) is 1.45. The van der Waals surface area contributed by atoms with Crippen molar-refractivity contribution in [2.45, 2.75) is 57.8 Å². The molecule has 278 valence electrons. The molecule has 4 N–H and O–H groups in total. The second kappa shape index (κ2) is 15.6. The lowest BCUT2D eigenvalue weighted by Crippen LogP contribution is -2.41. The molecule has 54 heavy (non-hydrogen) atoms. The van der Waals surface area contributed by atoms with Crippen LogP contribution in [0.3, 0.4) is 0 Å². The van der Waals surface area contributed by atoms with Gasteiger partial charge in [0, 0.05) is 73.6 Å². The standard InChI is InChI=1S/C39H39ClN8O6/c1-22-27(23-13-14-48-33(15-23)43-17-24(38(48)51)16-41-18-25-9-11-34(49)44-25)5-3-6-28(22)29-7-4-8-30(36(29)40)31-19-42-32(37(46-31)54-2)21-47(39(52)53)20-26-10-12-35(50)45-26/h3-8,13-15,17,19,25-26,41H,9-12,16,18,20-21H2,1-2H3,(H,44,49)(H,45,50)(H,52,53)/t25-,26-/m0/s1. The zero-order chi connectivity index (χ0) is 37.9. The average molecular weight is 751 g/mol. The Morgan fingerprint density at radius 2 is 1.69 bits per heavy atom. The summed E-state index contributed by atoms with van der Waals surface area (Å²) in [5.41, 5.74) is 6.77. The molecule has 15 heteroatoms. The summed E-state index contributed by atoms with van der Waals surface area (Å²) >= 11 is 7.11. The number of hydrogen-bond donors (Lipinski definition) is 4. The van der Waals surface area contributed by atoms with Crippen LogP contribution in [0.1, 0.15) is 42.5 Å². The highest BCUT2D eigenvalue weighted by Crippen LogP contribution is 2.40. The van der Waals surface area contributed by atoms with E-state index >= 15 is 0 Å². The Balaban J connectivity index is 1.12. The average Bonchev–Trinajstić information content (AvgIpc) is 3.79. The molecule has 7 rings (SSSR count). The molecule has 5 heterocycles. The normalized spacial score (nSPS) is 16.7. The van der Waals surface area contributed by atoms with E-state index < -0.39 is 6.09 Å². The number of ether oxygens (including phenoxy) is 1. The molecule has 2 fully saturated rings. The van der Waals surface area contributed by atoms with Gasteiger partial charge >= 0.3 is 6.09 Å². The number of benzene rings is 2. The highest BCUT2D eigenvalue weighted by atomic mass is 35.5. The van der Waals surface area contributed by atoms with Crippen LogP contribution in [0.15, 0.2) is 71.9 Å². The van der Waals surface area contributed by atoms with E-state index in [1.54, 1.807) is 18.6 Å². The number of carbonyl (C=O) groups excluding carboxylic acids is 2. The van der Waals surface area contributed by atoms with Gasteiger partial charge in [0.1, 0.15) is 11.3 Å². The quantitative estimate of drug-likeness (QED) is 0.141. The maximum atomic E-state index is 13.3. The minimum absolute atomic E-state index is 0.0544. The first-order chi connectivity index (χ1) is 26.1. The second-order valence-electron chi connectivity index (χ2n) is 13.5. The van der Waals surface area contributed by atoms with Crippen molar-refractivity contribution in [3.63, 3.8) is 0 Å². The van der Waals surface area contributed by atoms with E-state index in [2.05, 4.69) is 30.9 Å². The van der Waals surface area contributed by atoms with Gasteiger partial charge in [-0.1, -0.05) is 48.0 Å². The van der Waals surface area contributed by atoms with E-state index in [1.807, 2.05) is 55.5 Å². The fourth-order valence-electron chi connectivity index (χ4n) is 7.06. The predicted molar refractivity (Wildman–Crippen MR) is 202 cm³/mol. The zero-order valence-corrected chi connectivity index (χ0v) is 30.5. The second-order valence-corrected chi connectivity index (χ2v) is 13.9. The zero-order valence-electron chi connectivity index (χ0n) is 29.8. The van der Waals surface area contributed by atoms with Crippen LogP contribution in [-0.2, 0) is 22.7 Å². The van der Waals surface area contributed by atoms with E-state index in [9.17, 15) is 24.3 Å². The number of pyridine rings is 1. The van der Waals surface area contributed by atoms with Gasteiger partial charge < -0.3 is 30.7 Å². The third-order valence-corrected chi connectivity index (χ3v) is 10.3. The molecule has 0 aliphatic carbocycles. The van der Waals surface area contributed by atoms with Crippen LogP contribution in [-0.4, -0.2) is 79.5 Å². The maximum Gasteiger partial charge on any atom is 0.407 e. The Morgan fingerprint density at radius 3 is 2.39 bits per heavy atom. The molecule has 2 aliphatic rings. The molecule has 5 aromatic rings. The van der Waals surface area contributed by atoms with Crippen LogP contribution in [0.25, 0.3) is 39.2 Å². The van der Waals surface area contributed by atoms with E-state index in [-0.39, 0.29) is 48.4 Å². The molecular weight excluding hydrogens is 712 g/mol. The van der Waals surface area contributed by atoms with E-state index in [1.165, 1.54) is 16.4 Å². The molecule has 0 unspecified atom stereocenters. The first-order valence-electron chi connectivity index (χ1n) is 17.7. The van der Waals surface area contributed by atoms with E-state index in [0.717, 1.165) is 34.2 Å². The molecule has 2 aliphatic heterocycles. The van der Waals surface area contributed by atoms with E-state index in [0.29, 0.717) is 65.5 Å². The molecular formula is C39H39ClN8O6. The van der Waals surface area contributed by atoms with Crippen molar-refractivity contribution >= 4 is 35.2 Å². The summed E-state index contributed by atoms with van der Waals surface area (Å²) in [6, 6.07) is 15.2. The molecule has 0 spiro atoms. The van der Waals surface area contributed by atoms with Gasteiger partial charge in [0.15, 0.2) is 0 Å². The van der Waals surface area contributed by atoms with Crippen molar-refractivity contribution in [1.29, 1.82) is 0 Å². The van der Waals surface area contributed by atoms with E-state index in [4.69, 9.17) is 16.3 Å². The number of aromatic nitrogens is 4. The topological polar surface area (TPSA) is 180 Å². The van der Waals surface area contributed by atoms with Crippen LogP contribution < -0.4 is 26.2 Å². The summed E-state index contributed by atoms with van der Waals surface area (Å²) < 4.78 is 7.08. The van der Waals surface area contributed by atoms with Gasteiger partial charge in [-0.2, -0.15) is 0 Å². The monoisotopic (exact) mass is 750 g/mol. The molecule has 14 nitrogen and oxygen atoms in total. The number of hydrogen-bond acceptors (Lipinski definition) is 9. The highest BCUT2D eigenvalue weighted by Gasteiger charge is 2.27. The van der Waals surface area contributed by atoms with Gasteiger partial charge in [-0.3, -0.25) is 23.8 Å². The third-order valence-electron chi connectivity index (χ3n) is 9.92. The molecule has 0 saturated carbocycles. The van der Waals surface area contributed by atoms with Crippen molar-refractivity contribution in [2.75, 3.05) is 20.2 Å². The summed E-state index contributed by atoms with van der Waals surface area (Å²) in [5.74, 6) is 0.129. The smallest absolute Gasteiger partial charge is 0.407 e. The van der Waals surface area contributed by atoms with Gasteiger partial charge in [0.05, 0.1) is 30.6 Å². The Hall–Kier alpha value is -5.86. The number of amides is 3. The highest BCUT2D eigenvalue weighted by molar-refractivity contribution is 6.36. The number of halogens is 1. The molecule has 2 aromatic carbocycles. The predicted octanol–water partition coefficient (Wildman–Crippen LogP) is 4.58. The minimum atomic E-state index is -1.14. The number of rotatable bonds is 12. The minimum Gasteiger partial charge on any atom is -0.480 e. The van der Waals surface area contributed by atoms with Gasteiger partial charge in [0.25, 0.3) is 5.56 Å². The molecule has 3 aromatic heterocycles. The Kier molecular flexibility index (Phi) is 10.6. The maximum absolute atomic E-state index is 13.3. The third kappa shape index (κ3) is 7.61. The van der Waals surface area contributed by atoms with Crippen LogP contribution in [0.5, 0.6) is 5.88 Å².